The van der Waals surface area contributed by atoms with Crippen LogP contribution in [0.5, 0.6) is 0 Å². The molecule has 1 aromatic rings. The third-order valence-corrected chi connectivity index (χ3v) is 4.59. The second-order valence-corrected chi connectivity index (χ2v) is 6.63. The molecule has 5 nitrogen and oxygen atoms in total. The van der Waals surface area contributed by atoms with Crippen LogP contribution in [0.4, 0.5) is 0 Å². The topological polar surface area (TPSA) is 54.5 Å². The first-order chi connectivity index (χ1) is 10.6. The summed E-state index contributed by atoms with van der Waals surface area (Å²) < 4.78 is 5.92. The first-order valence-corrected chi connectivity index (χ1v) is 8.18. The fourth-order valence-corrected chi connectivity index (χ4v) is 3.56. The van der Waals surface area contributed by atoms with Crippen LogP contribution in [0, 0.1) is 5.92 Å². The minimum atomic E-state index is 0.0791. The molecule has 0 bridgehead atoms. The number of nitrogens with one attached hydrogen (secondary N) is 1. The zero-order valence-electron chi connectivity index (χ0n) is 13.4. The summed E-state index contributed by atoms with van der Waals surface area (Å²) in [7, 11) is 0. The molecule has 0 radical (unpaired) electrons. The molecule has 22 heavy (non-hydrogen) atoms. The predicted octanol–water partition coefficient (Wildman–Crippen LogP) is 1.59. The summed E-state index contributed by atoms with van der Waals surface area (Å²) in [5, 5.41) is 3.04. The SMILES string of the molecule is CC(C)NC(=O)[C@H]1C[C@@H]2[C@@H](C1)OCCN2Cc1ccncc1. The molecule has 5 heteroatoms. The van der Waals surface area contributed by atoms with Gasteiger partial charge in [0, 0.05) is 43.5 Å². The number of hydrogen-bond donors (Lipinski definition) is 1. The molecule has 1 saturated heterocycles. The summed E-state index contributed by atoms with van der Waals surface area (Å²) in [4.78, 5) is 18.8. The van der Waals surface area contributed by atoms with Crippen LogP contribution in [0.2, 0.25) is 0 Å². The Labute approximate surface area is 132 Å². The maximum atomic E-state index is 12.3. The standard InChI is InChI=1S/C17H25N3O2/c1-12(2)19-17(21)14-9-15-16(10-14)22-8-7-20(15)11-13-3-5-18-6-4-13/h3-6,12,14-16H,7-11H2,1-2H3,(H,19,21)/t14-,15+,16+/m0/s1. The van der Waals surface area contributed by atoms with Crippen LogP contribution < -0.4 is 5.32 Å². The smallest absolute Gasteiger partial charge is 0.223 e. The van der Waals surface area contributed by atoms with Crippen molar-refractivity contribution in [3.05, 3.63) is 30.1 Å². The van der Waals surface area contributed by atoms with Gasteiger partial charge in [0.25, 0.3) is 0 Å². The minimum absolute atomic E-state index is 0.0791. The number of rotatable bonds is 4. The molecule has 0 spiro atoms. The first kappa shape index (κ1) is 15.4. The molecule has 1 aliphatic heterocycles. The number of hydrogen-bond acceptors (Lipinski definition) is 4. The summed E-state index contributed by atoms with van der Waals surface area (Å²) in [6, 6.07) is 4.67. The average molecular weight is 303 g/mol. The molecule has 1 N–H and O–H groups in total. The molecule has 1 aromatic heterocycles. The largest absolute Gasteiger partial charge is 0.375 e. The highest BCUT2D eigenvalue weighted by Crippen LogP contribution is 2.35. The van der Waals surface area contributed by atoms with Gasteiger partial charge in [-0.1, -0.05) is 0 Å². The van der Waals surface area contributed by atoms with Gasteiger partial charge in [-0.15, -0.1) is 0 Å². The molecule has 2 aliphatic rings. The predicted molar refractivity (Wildman–Crippen MR) is 84.2 cm³/mol. The second kappa shape index (κ2) is 6.75. The van der Waals surface area contributed by atoms with Crippen molar-refractivity contribution in [2.24, 2.45) is 5.92 Å². The number of aromatic nitrogens is 1. The van der Waals surface area contributed by atoms with E-state index in [1.54, 1.807) is 0 Å². The Morgan fingerprint density at radius 2 is 2.18 bits per heavy atom. The van der Waals surface area contributed by atoms with E-state index in [4.69, 9.17) is 4.74 Å². The van der Waals surface area contributed by atoms with E-state index in [-0.39, 0.29) is 24.0 Å². The van der Waals surface area contributed by atoms with Crippen LogP contribution in [0.3, 0.4) is 0 Å². The van der Waals surface area contributed by atoms with Crippen LogP contribution in [0.25, 0.3) is 0 Å². The number of carbonyl (C=O) groups is 1. The number of ether oxygens (including phenoxy) is 1. The molecule has 1 amide bonds. The molecule has 3 atom stereocenters. The van der Waals surface area contributed by atoms with E-state index in [1.807, 2.05) is 26.2 Å². The summed E-state index contributed by atoms with van der Waals surface area (Å²) in [5.74, 6) is 0.257. The van der Waals surface area contributed by atoms with E-state index >= 15 is 0 Å². The van der Waals surface area contributed by atoms with Crippen LogP contribution in [0.1, 0.15) is 32.3 Å². The molecule has 3 rings (SSSR count). The van der Waals surface area contributed by atoms with Crippen molar-refractivity contribution in [1.82, 2.24) is 15.2 Å². The summed E-state index contributed by atoms with van der Waals surface area (Å²) in [6.45, 7) is 6.61. The van der Waals surface area contributed by atoms with Gasteiger partial charge in [-0.2, -0.15) is 0 Å². The Morgan fingerprint density at radius 1 is 1.41 bits per heavy atom. The Bertz CT molecular complexity index is 506. The van der Waals surface area contributed by atoms with Crippen molar-refractivity contribution < 1.29 is 9.53 Å². The van der Waals surface area contributed by atoms with Gasteiger partial charge in [0.15, 0.2) is 0 Å². The van der Waals surface area contributed by atoms with Gasteiger partial charge in [0.2, 0.25) is 5.91 Å². The molecule has 1 saturated carbocycles. The molecule has 120 valence electrons. The Morgan fingerprint density at radius 3 is 2.91 bits per heavy atom. The second-order valence-electron chi connectivity index (χ2n) is 6.63. The Balaban J connectivity index is 1.64. The monoisotopic (exact) mass is 303 g/mol. The third kappa shape index (κ3) is 3.47. The highest BCUT2D eigenvalue weighted by molar-refractivity contribution is 5.79. The summed E-state index contributed by atoms with van der Waals surface area (Å²) in [6.07, 6.45) is 5.60. The fourth-order valence-electron chi connectivity index (χ4n) is 3.56. The van der Waals surface area contributed by atoms with Crippen molar-refractivity contribution >= 4 is 5.91 Å². The Hall–Kier alpha value is -1.46. The van der Waals surface area contributed by atoms with Gasteiger partial charge in [-0.3, -0.25) is 14.7 Å². The van der Waals surface area contributed by atoms with Crippen molar-refractivity contribution in [2.75, 3.05) is 13.2 Å². The third-order valence-electron chi connectivity index (χ3n) is 4.59. The number of pyridine rings is 1. The van der Waals surface area contributed by atoms with Gasteiger partial charge in [0.1, 0.15) is 0 Å². The molecular weight excluding hydrogens is 278 g/mol. The first-order valence-electron chi connectivity index (χ1n) is 8.18. The normalized spacial score (nSPS) is 28.6. The van der Waals surface area contributed by atoms with Crippen molar-refractivity contribution in [1.29, 1.82) is 0 Å². The van der Waals surface area contributed by atoms with Crippen LogP contribution in [-0.2, 0) is 16.1 Å². The maximum absolute atomic E-state index is 12.3. The lowest BCUT2D eigenvalue weighted by Crippen LogP contribution is -2.47. The van der Waals surface area contributed by atoms with E-state index in [1.165, 1.54) is 5.56 Å². The molecular formula is C17H25N3O2. The lowest BCUT2D eigenvalue weighted by molar-refractivity contribution is -0.125. The van der Waals surface area contributed by atoms with Gasteiger partial charge < -0.3 is 10.1 Å². The summed E-state index contributed by atoms with van der Waals surface area (Å²) >= 11 is 0. The van der Waals surface area contributed by atoms with Gasteiger partial charge >= 0.3 is 0 Å². The molecule has 1 aliphatic carbocycles. The average Bonchev–Trinajstić information content (AvgIpc) is 2.93. The summed E-state index contributed by atoms with van der Waals surface area (Å²) in [5.41, 5.74) is 1.27. The lowest BCUT2D eigenvalue weighted by Gasteiger charge is -2.37. The van der Waals surface area contributed by atoms with Gasteiger partial charge in [-0.25, -0.2) is 0 Å². The number of nitrogens with zero attached hydrogens (tertiary/aromatic N) is 2. The van der Waals surface area contributed by atoms with Gasteiger partial charge in [-0.05, 0) is 44.4 Å². The van der Waals surface area contributed by atoms with E-state index < -0.39 is 0 Å². The van der Waals surface area contributed by atoms with E-state index in [9.17, 15) is 4.79 Å². The van der Waals surface area contributed by atoms with Gasteiger partial charge in [0.05, 0.1) is 12.7 Å². The quantitative estimate of drug-likeness (QED) is 0.918. The molecule has 0 aromatic carbocycles. The molecule has 2 heterocycles. The van der Waals surface area contributed by atoms with Crippen LogP contribution >= 0.6 is 0 Å². The molecule has 2 fully saturated rings. The minimum Gasteiger partial charge on any atom is -0.375 e. The highest BCUT2D eigenvalue weighted by atomic mass is 16.5. The lowest BCUT2D eigenvalue weighted by atomic mass is 10.1. The van der Waals surface area contributed by atoms with E-state index in [2.05, 4.69) is 27.3 Å². The zero-order valence-corrected chi connectivity index (χ0v) is 13.4. The number of morpholine rings is 1. The Kier molecular flexibility index (Phi) is 4.74. The van der Waals surface area contributed by atoms with Crippen molar-refractivity contribution in [3.63, 3.8) is 0 Å². The number of amides is 1. The van der Waals surface area contributed by atoms with E-state index in [0.29, 0.717) is 6.04 Å². The number of fused-ring (bicyclic) bond motifs is 1. The van der Waals surface area contributed by atoms with Crippen molar-refractivity contribution in [3.8, 4) is 0 Å². The zero-order chi connectivity index (χ0) is 15.5. The number of carbonyl (C=O) groups excluding carboxylic acids is 1. The maximum Gasteiger partial charge on any atom is 0.223 e. The van der Waals surface area contributed by atoms with E-state index in [0.717, 1.165) is 32.5 Å². The van der Waals surface area contributed by atoms with Crippen LogP contribution in [-0.4, -0.2) is 47.1 Å². The molecule has 0 unspecified atom stereocenters. The van der Waals surface area contributed by atoms with Crippen molar-refractivity contribution in [2.45, 2.75) is 51.4 Å². The fraction of sp³-hybridized carbons (Fsp3) is 0.647. The van der Waals surface area contributed by atoms with Crippen LogP contribution in [0.15, 0.2) is 24.5 Å². The highest BCUT2D eigenvalue weighted by Gasteiger charge is 2.43.